The van der Waals surface area contributed by atoms with Gasteiger partial charge in [0.1, 0.15) is 0 Å². The molecular formula is C19H25IN4O2S. The number of aliphatic imine (C=N–C) groups is 1. The fraction of sp³-hybridized carbons (Fsp3) is 0.316. The zero-order valence-electron chi connectivity index (χ0n) is 15.2. The van der Waals surface area contributed by atoms with Crippen molar-refractivity contribution in [2.45, 2.75) is 23.8 Å². The lowest BCUT2D eigenvalue weighted by Crippen LogP contribution is -2.39. The van der Waals surface area contributed by atoms with Crippen molar-refractivity contribution in [3.05, 3.63) is 65.7 Å². The van der Waals surface area contributed by atoms with Crippen molar-refractivity contribution in [3.63, 3.8) is 0 Å². The summed E-state index contributed by atoms with van der Waals surface area (Å²) < 4.78 is 22.6. The second-order valence-electron chi connectivity index (χ2n) is 6.43. The van der Waals surface area contributed by atoms with Gasteiger partial charge in [0.15, 0.2) is 5.96 Å². The van der Waals surface area contributed by atoms with Crippen LogP contribution in [0.25, 0.3) is 0 Å². The number of benzene rings is 2. The smallest absolute Gasteiger partial charge is 0.238 e. The average Bonchev–Trinajstić information content (AvgIpc) is 3.13. The normalized spacial score (nSPS) is 17.5. The lowest BCUT2D eigenvalue weighted by Gasteiger charge is -2.22. The third kappa shape index (κ3) is 5.66. The van der Waals surface area contributed by atoms with Crippen molar-refractivity contribution in [2.24, 2.45) is 10.1 Å². The molecule has 1 aliphatic rings. The predicted octanol–water partition coefficient (Wildman–Crippen LogP) is 2.52. The first kappa shape index (κ1) is 21.6. The van der Waals surface area contributed by atoms with E-state index in [1.54, 1.807) is 19.2 Å². The first-order chi connectivity index (χ1) is 12.5. The zero-order valence-corrected chi connectivity index (χ0v) is 18.4. The van der Waals surface area contributed by atoms with E-state index in [4.69, 9.17) is 5.14 Å². The number of hydrogen-bond acceptors (Lipinski definition) is 3. The Labute approximate surface area is 177 Å². The maximum atomic E-state index is 11.3. The van der Waals surface area contributed by atoms with Crippen molar-refractivity contribution < 1.29 is 8.42 Å². The molecule has 1 fully saturated rings. The van der Waals surface area contributed by atoms with Gasteiger partial charge in [-0.3, -0.25) is 4.99 Å². The number of nitrogens with two attached hydrogens (primary N) is 1. The summed E-state index contributed by atoms with van der Waals surface area (Å²) in [6.45, 7) is 2.47. The van der Waals surface area contributed by atoms with Gasteiger partial charge < -0.3 is 10.2 Å². The first-order valence-corrected chi connectivity index (χ1v) is 10.1. The van der Waals surface area contributed by atoms with E-state index < -0.39 is 10.0 Å². The molecule has 27 heavy (non-hydrogen) atoms. The third-order valence-corrected chi connectivity index (χ3v) is 5.60. The molecule has 146 valence electrons. The Balaban J connectivity index is 0.00000261. The lowest BCUT2D eigenvalue weighted by molar-refractivity contribution is 0.486. The summed E-state index contributed by atoms with van der Waals surface area (Å²) in [4.78, 5) is 6.77. The number of hydrogen-bond donors (Lipinski definition) is 2. The summed E-state index contributed by atoms with van der Waals surface area (Å²) in [7, 11) is -1.87. The Hall–Kier alpha value is -1.65. The molecular weight excluding hydrogens is 475 g/mol. The van der Waals surface area contributed by atoms with Crippen LogP contribution in [0.2, 0.25) is 0 Å². The second kappa shape index (κ2) is 9.52. The van der Waals surface area contributed by atoms with Gasteiger partial charge in [-0.15, -0.1) is 24.0 Å². The van der Waals surface area contributed by atoms with Gasteiger partial charge in [0.2, 0.25) is 10.0 Å². The van der Waals surface area contributed by atoms with Crippen LogP contribution in [0.5, 0.6) is 0 Å². The number of nitrogens with one attached hydrogen (secondary N) is 1. The van der Waals surface area contributed by atoms with E-state index in [9.17, 15) is 8.42 Å². The Morgan fingerprint density at radius 3 is 2.44 bits per heavy atom. The van der Waals surface area contributed by atoms with Crippen molar-refractivity contribution >= 4 is 40.0 Å². The summed E-state index contributed by atoms with van der Waals surface area (Å²) in [6.07, 6.45) is 1.10. The molecule has 0 bridgehead atoms. The molecule has 1 unspecified atom stereocenters. The van der Waals surface area contributed by atoms with E-state index in [2.05, 4.69) is 39.5 Å². The van der Waals surface area contributed by atoms with Crippen molar-refractivity contribution in [1.29, 1.82) is 0 Å². The molecule has 0 radical (unpaired) electrons. The number of nitrogens with zero attached hydrogens (tertiary/aromatic N) is 2. The number of rotatable bonds is 4. The Morgan fingerprint density at radius 2 is 1.85 bits per heavy atom. The predicted molar refractivity (Wildman–Crippen MR) is 119 cm³/mol. The molecule has 3 rings (SSSR count). The molecule has 2 aromatic rings. The molecule has 0 spiro atoms. The maximum Gasteiger partial charge on any atom is 0.238 e. The molecule has 0 saturated carbocycles. The molecule has 0 amide bonds. The van der Waals surface area contributed by atoms with Crippen molar-refractivity contribution in [2.75, 3.05) is 20.1 Å². The Kier molecular flexibility index (Phi) is 7.63. The minimum atomic E-state index is -3.65. The quantitative estimate of drug-likeness (QED) is 0.384. The number of primary sulfonamides is 1. The zero-order chi connectivity index (χ0) is 18.6. The first-order valence-electron chi connectivity index (χ1n) is 8.59. The van der Waals surface area contributed by atoms with Crippen molar-refractivity contribution in [3.8, 4) is 0 Å². The summed E-state index contributed by atoms with van der Waals surface area (Å²) in [6, 6.07) is 17.1. The van der Waals surface area contributed by atoms with Gasteiger partial charge in [0.25, 0.3) is 0 Å². The average molecular weight is 500 g/mol. The minimum Gasteiger partial charge on any atom is -0.352 e. The molecule has 1 atom stereocenters. The molecule has 2 aromatic carbocycles. The highest BCUT2D eigenvalue weighted by Gasteiger charge is 2.25. The van der Waals surface area contributed by atoms with E-state index in [-0.39, 0.29) is 28.9 Å². The van der Waals surface area contributed by atoms with E-state index in [1.165, 1.54) is 17.7 Å². The molecule has 6 nitrogen and oxygen atoms in total. The van der Waals surface area contributed by atoms with Gasteiger partial charge >= 0.3 is 0 Å². The van der Waals surface area contributed by atoms with E-state index >= 15 is 0 Å². The number of likely N-dealkylation sites (tertiary alicyclic amines) is 1. The van der Waals surface area contributed by atoms with E-state index in [0.717, 1.165) is 31.0 Å². The van der Waals surface area contributed by atoms with Gasteiger partial charge in [-0.05, 0) is 29.7 Å². The monoisotopic (exact) mass is 500 g/mol. The van der Waals surface area contributed by atoms with Crippen LogP contribution in [-0.2, 0) is 16.6 Å². The molecule has 3 N–H and O–H groups in total. The summed E-state index contributed by atoms with van der Waals surface area (Å²) in [5, 5.41) is 8.48. The third-order valence-electron chi connectivity index (χ3n) is 4.67. The Bertz CT molecular complexity index is 870. The van der Waals surface area contributed by atoms with Crippen LogP contribution < -0.4 is 10.5 Å². The van der Waals surface area contributed by atoms with Crippen LogP contribution in [0.4, 0.5) is 0 Å². The standard InChI is InChI=1S/C19H24N4O2S.HI/c1-21-19(22-13-15-7-9-18(10-8-15)26(20,24)25)23-12-11-17(14-23)16-5-3-2-4-6-16;/h2-10,17H,11-14H2,1H3,(H,21,22)(H2,20,24,25);1H. The van der Waals surface area contributed by atoms with Crippen molar-refractivity contribution in [1.82, 2.24) is 10.2 Å². The number of halogens is 1. The summed E-state index contributed by atoms with van der Waals surface area (Å²) >= 11 is 0. The highest BCUT2D eigenvalue weighted by molar-refractivity contribution is 14.0. The molecule has 0 aliphatic carbocycles. The summed E-state index contributed by atoms with van der Waals surface area (Å²) in [5.74, 6) is 1.38. The van der Waals surface area contributed by atoms with Crippen LogP contribution >= 0.6 is 24.0 Å². The summed E-state index contributed by atoms with van der Waals surface area (Å²) in [5.41, 5.74) is 2.33. The highest BCUT2D eigenvalue weighted by atomic mass is 127. The number of guanidine groups is 1. The lowest BCUT2D eigenvalue weighted by atomic mass is 9.99. The van der Waals surface area contributed by atoms with Crippen LogP contribution in [0.15, 0.2) is 64.5 Å². The SMILES string of the molecule is CN=C(NCc1ccc(S(N)(=O)=O)cc1)N1CCC(c2ccccc2)C1.I. The molecule has 8 heteroatoms. The van der Waals surface area contributed by atoms with Crippen LogP contribution in [0, 0.1) is 0 Å². The topological polar surface area (TPSA) is 87.8 Å². The molecule has 1 heterocycles. The van der Waals surface area contributed by atoms with E-state index in [0.29, 0.717) is 12.5 Å². The molecule has 0 aromatic heterocycles. The van der Waals surface area contributed by atoms with Gasteiger partial charge in [0, 0.05) is 32.6 Å². The fourth-order valence-electron chi connectivity index (χ4n) is 3.26. The van der Waals surface area contributed by atoms with Crippen LogP contribution in [-0.4, -0.2) is 39.4 Å². The van der Waals surface area contributed by atoms with E-state index in [1.807, 2.05) is 6.07 Å². The van der Waals surface area contributed by atoms with Gasteiger partial charge in [-0.25, -0.2) is 13.6 Å². The minimum absolute atomic E-state index is 0. The van der Waals surface area contributed by atoms with Gasteiger partial charge in [-0.1, -0.05) is 42.5 Å². The van der Waals surface area contributed by atoms with Crippen LogP contribution in [0.1, 0.15) is 23.5 Å². The second-order valence-corrected chi connectivity index (χ2v) is 7.99. The van der Waals surface area contributed by atoms with Gasteiger partial charge in [-0.2, -0.15) is 0 Å². The highest BCUT2D eigenvalue weighted by Crippen LogP contribution is 2.26. The Morgan fingerprint density at radius 1 is 1.19 bits per heavy atom. The largest absolute Gasteiger partial charge is 0.352 e. The molecule has 1 saturated heterocycles. The number of sulfonamides is 1. The maximum absolute atomic E-state index is 11.3. The van der Waals surface area contributed by atoms with Crippen LogP contribution in [0.3, 0.4) is 0 Å². The van der Waals surface area contributed by atoms with Gasteiger partial charge in [0.05, 0.1) is 4.90 Å². The fourth-order valence-corrected chi connectivity index (χ4v) is 3.78. The molecule has 1 aliphatic heterocycles.